The minimum absolute atomic E-state index is 0.140. The molecular weight excluding hydrogens is 509 g/mol. The maximum atomic E-state index is 2.59. The molecule has 202 valence electrons. The summed E-state index contributed by atoms with van der Waals surface area (Å²) in [6, 6.07) is 24.2. The van der Waals surface area contributed by atoms with E-state index in [0.29, 0.717) is 0 Å². The summed E-state index contributed by atoms with van der Waals surface area (Å²) in [5, 5.41) is 1.42. The number of unbranched alkanes of at least 4 members (excludes halogenated alkanes) is 6. The third kappa shape index (κ3) is 4.89. The normalized spacial score (nSPS) is 13.8. The Balaban J connectivity index is 1.45. The first-order valence-electron chi connectivity index (χ1n) is 15.2. The molecule has 2 heterocycles. The van der Waals surface area contributed by atoms with Crippen molar-refractivity contribution in [3.05, 3.63) is 82.2 Å². The van der Waals surface area contributed by atoms with Crippen LogP contribution in [0.4, 0.5) is 0 Å². The smallest absolute Gasteiger partial charge is 0.0532 e. The van der Waals surface area contributed by atoms with Crippen LogP contribution < -0.4 is 0 Å². The Morgan fingerprint density at radius 2 is 1.23 bits per heavy atom. The molecule has 0 aliphatic heterocycles. The highest BCUT2D eigenvalue weighted by Gasteiger charge is 2.42. The molecule has 6 rings (SSSR count). The van der Waals surface area contributed by atoms with Crippen LogP contribution in [-0.2, 0) is 5.41 Å². The van der Waals surface area contributed by atoms with Gasteiger partial charge in [0.1, 0.15) is 0 Å². The van der Waals surface area contributed by atoms with Gasteiger partial charge in [-0.1, -0.05) is 113 Å². The molecule has 0 atom stereocenters. The molecule has 0 fully saturated rings. The van der Waals surface area contributed by atoms with E-state index in [2.05, 4.69) is 88.4 Å². The van der Waals surface area contributed by atoms with Crippen LogP contribution in [0.5, 0.6) is 0 Å². The molecule has 2 heteroatoms. The molecule has 0 radical (unpaired) electrons. The Morgan fingerprint density at radius 3 is 1.95 bits per heavy atom. The van der Waals surface area contributed by atoms with Crippen molar-refractivity contribution >= 4 is 42.2 Å². The monoisotopic (exact) mass is 550 g/mol. The summed E-state index contributed by atoms with van der Waals surface area (Å²) in [6.07, 6.45) is 13.1. The maximum Gasteiger partial charge on any atom is 0.0532 e. The van der Waals surface area contributed by atoms with Crippen LogP contribution in [-0.4, -0.2) is 0 Å². The lowest BCUT2D eigenvalue weighted by molar-refractivity contribution is 0.401. The summed E-state index contributed by atoms with van der Waals surface area (Å²) in [5.41, 5.74) is 10.4. The molecule has 0 unspecified atom stereocenters. The minimum Gasteiger partial charge on any atom is -0.139 e. The Bertz CT molecular complexity index is 1600. The summed E-state index contributed by atoms with van der Waals surface area (Å²) in [7, 11) is 0. The summed E-state index contributed by atoms with van der Waals surface area (Å²) < 4.78 is 4.30. The van der Waals surface area contributed by atoms with E-state index in [1.165, 1.54) is 116 Å². The molecule has 3 aromatic carbocycles. The zero-order chi connectivity index (χ0) is 27.0. The number of benzene rings is 3. The Labute approximate surface area is 243 Å². The predicted molar refractivity (Wildman–Crippen MR) is 176 cm³/mol. The quantitative estimate of drug-likeness (QED) is 0.143. The fraction of sp³-hybridized carbons (Fsp3) is 0.405. The van der Waals surface area contributed by atoms with E-state index in [9.17, 15) is 0 Å². The third-order valence-electron chi connectivity index (χ3n) is 9.03. The van der Waals surface area contributed by atoms with Gasteiger partial charge in [0.15, 0.2) is 0 Å². The van der Waals surface area contributed by atoms with Gasteiger partial charge in [0, 0.05) is 25.1 Å². The molecule has 0 N–H and O–H groups in total. The largest absolute Gasteiger partial charge is 0.139 e. The summed E-state index contributed by atoms with van der Waals surface area (Å²) >= 11 is 3.88. The van der Waals surface area contributed by atoms with E-state index in [4.69, 9.17) is 0 Å². The fourth-order valence-corrected chi connectivity index (χ4v) is 9.48. The summed E-state index contributed by atoms with van der Waals surface area (Å²) in [6.45, 7) is 9.14. The van der Waals surface area contributed by atoms with E-state index in [-0.39, 0.29) is 5.41 Å². The topological polar surface area (TPSA) is 0 Å². The Hall–Kier alpha value is -2.42. The number of hydrogen-bond acceptors (Lipinski definition) is 2. The SMILES string of the molecule is CCCCCCC1(CCCCCC)c2cc(C)ccc2-c2ccc(-c3ccc4c(c3)sc3cc(C)sc34)cc21. The van der Waals surface area contributed by atoms with Gasteiger partial charge in [0.25, 0.3) is 0 Å². The van der Waals surface area contributed by atoms with Gasteiger partial charge in [0.05, 0.1) is 4.70 Å². The van der Waals surface area contributed by atoms with Gasteiger partial charge >= 0.3 is 0 Å². The molecule has 39 heavy (non-hydrogen) atoms. The van der Waals surface area contributed by atoms with E-state index >= 15 is 0 Å². The van der Waals surface area contributed by atoms with E-state index in [1.54, 1.807) is 11.1 Å². The van der Waals surface area contributed by atoms with Gasteiger partial charge in [-0.3, -0.25) is 0 Å². The van der Waals surface area contributed by atoms with Crippen molar-refractivity contribution in [2.45, 2.75) is 97.3 Å². The minimum atomic E-state index is 0.140. The van der Waals surface area contributed by atoms with Gasteiger partial charge < -0.3 is 0 Å². The lowest BCUT2D eigenvalue weighted by Gasteiger charge is -2.33. The second-order valence-corrected chi connectivity index (χ2v) is 14.2. The number of thiophene rings is 2. The predicted octanol–water partition coefficient (Wildman–Crippen LogP) is 12.6. The molecule has 2 aromatic heterocycles. The lowest BCUT2D eigenvalue weighted by Crippen LogP contribution is -2.25. The third-order valence-corrected chi connectivity index (χ3v) is 11.3. The Kier molecular flexibility index (Phi) is 7.71. The number of hydrogen-bond donors (Lipinski definition) is 0. The number of fused-ring (bicyclic) bond motifs is 6. The van der Waals surface area contributed by atoms with Crippen LogP contribution in [0.2, 0.25) is 0 Å². The highest BCUT2D eigenvalue weighted by atomic mass is 32.1. The average Bonchev–Trinajstić information content (AvgIpc) is 3.55. The van der Waals surface area contributed by atoms with Crippen molar-refractivity contribution in [2.75, 3.05) is 0 Å². The van der Waals surface area contributed by atoms with Crippen molar-refractivity contribution in [3.8, 4) is 22.3 Å². The van der Waals surface area contributed by atoms with Gasteiger partial charge in [-0.15, -0.1) is 22.7 Å². The summed E-state index contributed by atoms with van der Waals surface area (Å²) in [5.74, 6) is 0. The molecule has 0 saturated heterocycles. The molecule has 5 aromatic rings. The van der Waals surface area contributed by atoms with Crippen molar-refractivity contribution in [1.82, 2.24) is 0 Å². The molecule has 1 aliphatic rings. The molecule has 0 amide bonds. The molecular formula is C37H42S2. The zero-order valence-electron chi connectivity index (χ0n) is 24.2. The maximum absolute atomic E-state index is 2.59. The molecule has 0 spiro atoms. The number of aryl methyl sites for hydroxylation is 2. The Morgan fingerprint density at radius 1 is 0.590 bits per heavy atom. The van der Waals surface area contributed by atoms with E-state index < -0.39 is 0 Å². The molecule has 0 nitrogen and oxygen atoms in total. The van der Waals surface area contributed by atoms with Gasteiger partial charge in [-0.05, 0) is 78.3 Å². The average molecular weight is 551 g/mol. The van der Waals surface area contributed by atoms with Crippen molar-refractivity contribution in [3.63, 3.8) is 0 Å². The van der Waals surface area contributed by atoms with Crippen LogP contribution in [0.3, 0.4) is 0 Å². The first-order valence-corrected chi connectivity index (χ1v) is 16.9. The standard InChI is InChI=1S/C37H42S2/c1-5-7-9-11-19-37(20-12-10-8-6-2)32-21-25(3)13-16-29(32)30-17-14-27(23-33(30)37)28-15-18-31-34(24-28)39-35-22-26(4)38-36(31)35/h13-18,21-24H,5-12,19-20H2,1-4H3. The van der Waals surface area contributed by atoms with Crippen molar-refractivity contribution in [2.24, 2.45) is 0 Å². The lowest BCUT2D eigenvalue weighted by atomic mass is 9.70. The van der Waals surface area contributed by atoms with Gasteiger partial charge in [-0.25, -0.2) is 0 Å². The zero-order valence-corrected chi connectivity index (χ0v) is 25.8. The highest BCUT2D eigenvalue weighted by Crippen LogP contribution is 2.55. The highest BCUT2D eigenvalue weighted by molar-refractivity contribution is 7.32. The van der Waals surface area contributed by atoms with Crippen LogP contribution in [0.15, 0.2) is 60.7 Å². The van der Waals surface area contributed by atoms with Crippen LogP contribution >= 0.6 is 22.7 Å². The number of rotatable bonds is 11. The van der Waals surface area contributed by atoms with Crippen molar-refractivity contribution < 1.29 is 0 Å². The van der Waals surface area contributed by atoms with Crippen LogP contribution in [0, 0.1) is 13.8 Å². The molecule has 0 bridgehead atoms. The van der Waals surface area contributed by atoms with Crippen molar-refractivity contribution in [1.29, 1.82) is 0 Å². The van der Waals surface area contributed by atoms with Crippen LogP contribution in [0.25, 0.3) is 41.7 Å². The van der Waals surface area contributed by atoms with Gasteiger partial charge in [-0.2, -0.15) is 0 Å². The van der Waals surface area contributed by atoms with Crippen LogP contribution in [0.1, 0.15) is 99.6 Å². The first-order chi connectivity index (χ1) is 19.0. The van der Waals surface area contributed by atoms with Gasteiger partial charge in [0.2, 0.25) is 0 Å². The molecule has 1 aliphatic carbocycles. The second-order valence-electron chi connectivity index (χ2n) is 11.9. The van der Waals surface area contributed by atoms with E-state index in [1.807, 2.05) is 22.7 Å². The second kappa shape index (κ2) is 11.2. The van der Waals surface area contributed by atoms with E-state index in [0.717, 1.165) is 0 Å². The fourth-order valence-electron chi connectivity index (χ4n) is 7.01. The summed E-state index contributed by atoms with van der Waals surface area (Å²) in [4.78, 5) is 1.41. The first kappa shape index (κ1) is 26.8. The molecule has 0 saturated carbocycles.